The van der Waals surface area contributed by atoms with Gasteiger partial charge in [-0.1, -0.05) is 49.5 Å². The minimum Gasteiger partial charge on any atom is -0.361 e. The van der Waals surface area contributed by atoms with Crippen molar-refractivity contribution in [3.05, 3.63) is 53.3 Å². The molecule has 0 bridgehead atoms. The Morgan fingerprint density at radius 3 is 2.63 bits per heavy atom. The van der Waals surface area contributed by atoms with Crippen LogP contribution in [0, 0.1) is 0 Å². The Labute approximate surface area is 208 Å². The molecule has 3 atom stereocenters. The number of fused-ring (bicyclic) bond motifs is 4. The van der Waals surface area contributed by atoms with Gasteiger partial charge in [-0.15, -0.1) is 0 Å². The summed E-state index contributed by atoms with van der Waals surface area (Å²) in [5.74, 6) is -0.369. The van der Waals surface area contributed by atoms with Gasteiger partial charge >= 0.3 is 0 Å². The molecule has 2 fully saturated rings. The molecule has 2 saturated heterocycles. The molecule has 0 aliphatic carbocycles. The van der Waals surface area contributed by atoms with Crippen molar-refractivity contribution in [2.24, 2.45) is 0 Å². The second kappa shape index (κ2) is 8.45. The van der Waals surface area contributed by atoms with Gasteiger partial charge in [-0.2, -0.15) is 0 Å². The van der Waals surface area contributed by atoms with E-state index in [1.54, 1.807) is 20.8 Å². The van der Waals surface area contributed by atoms with Gasteiger partial charge in [0.2, 0.25) is 5.91 Å². The van der Waals surface area contributed by atoms with E-state index in [4.69, 9.17) is 4.74 Å². The smallest absolute Gasteiger partial charge is 0.270 e. The van der Waals surface area contributed by atoms with E-state index in [-0.39, 0.29) is 24.5 Å². The van der Waals surface area contributed by atoms with Crippen LogP contribution in [-0.2, 0) is 24.5 Å². The van der Waals surface area contributed by atoms with Crippen LogP contribution in [0.15, 0.2) is 47.7 Å². The zero-order valence-corrected chi connectivity index (χ0v) is 22.3. The Morgan fingerprint density at radius 1 is 1.17 bits per heavy atom. The average Bonchev–Trinajstić information content (AvgIpc) is 3.46. The van der Waals surface area contributed by atoms with E-state index in [0.29, 0.717) is 25.3 Å². The van der Waals surface area contributed by atoms with Crippen molar-refractivity contribution in [3.8, 4) is 0 Å². The van der Waals surface area contributed by atoms with E-state index >= 15 is 0 Å². The van der Waals surface area contributed by atoms with E-state index in [9.17, 15) is 14.4 Å². The van der Waals surface area contributed by atoms with E-state index in [1.165, 1.54) is 0 Å². The molecule has 0 N–H and O–H groups in total. The summed E-state index contributed by atoms with van der Waals surface area (Å²) in [6.45, 7) is 12.2. The predicted octanol–water partition coefficient (Wildman–Crippen LogP) is 3.65. The van der Waals surface area contributed by atoms with Gasteiger partial charge in [0.15, 0.2) is 0 Å². The first kappa shape index (κ1) is 24.0. The summed E-state index contributed by atoms with van der Waals surface area (Å²) in [6.07, 6.45) is 5.25. The number of piperazine rings is 1. The third kappa shape index (κ3) is 3.69. The van der Waals surface area contributed by atoms with Gasteiger partial charge in [0.25, 0.3) is 11.8 Å². The van der Waals surface area contributed by atoms with E-state index in [2.05, 4.69) is 19.6 Å². The molecule has 3 amide bonds. The fraction of sp³-hybridized carbons (Fsp3) is 0.519. The summed E-state index contributed by atoms with van der Waals surface area (Å²) < 4.78 is 6.01. The van der Waals surface area contributed by atoms with E-state index < -0.39 is 25.6 Å². The summed E-state index contributed by atoms with van der Waals surface area (Å²) in [7, 11) is -1.26. The van der Waals surface area contributed by atoms with Crippen LogP contribution in [0.3, 0.4) is 0 Å². The lowest BCUT2D eigenvalue weighted by molar-refractivity contribution is -0.149. The van der Waals surface area contributed by atoms with Gasteiger partial charge in [-0.3, -0.25) is 24.2 Å². The van der Waals surface area contributed by atoms with Crippen LogP contribution >= 0.6 is 0 Å². The summed E-state index contributed by atoms with van der Waals surface area (Å²) >= 11 is 0. The lowest BCUT2D eigenvalue weighted by Crippen LogP contribution is -2.59. The Balaban J connectivity index is 1.58. The fourth-order valence-corrected chi connectivity index (χ4v) is 6.59. The molecule has 1 aromatic carbocycles. The number of amides is 3. The quantitative estimate of drug-likeness (QED) is 0.345. The molecule has 1 aromatic rings. The molecule has 186 valence electrons. The van der Waals surface area contributed by atoms with Crippen molar-refractivity contribution in [2.45, 2.75) is 69.9 Å². The van der Waals surface area contributed by atoms with Crippen molar-refractivity contribution >= 4 is 31.5 Å². The molecule has 4 aliphatic heterocycles. The maximum Gasteiger partial charge on any atom is 0.270 e. The molecule has 0 aromatic heterocycles. The van der Waals surface area contributed by atoms with Crippen molar-refractivity contribution in [1.82, 2.24) is 9.80 Å². The van der Waals surface area contributed by atoms with Gasteiger partial charge in [0.05, 0.1) is 11.7 Å². The molecule has 0 radical (unpaired) electrons. The Bertz CT molecular complexity index is 1150. The topological polar surface area (TPSA) is 70.2 Å². The minimum absolute atomic E-state index is 0.0807. The predicted molar refractivity (Wildman–Crippen MR) is 137 cm³/mol. The molecule has 0 saturated carbocycles. The first-order valence-corrected chi connectivity index (χ1v) is 16.3. The first-order chi connectivity index (χ1) is 16.6. The van der Waals surface area contributed by atoms with Gasteiger partial charge in [-0.05, 0) is 50.4 Å². The van der Waals surface area contributed by atoms with Crippen molar-refractivity contribution in [2.75, 3.05) is 24.8 Å². The van der Waals surface area contributed by atoms with Crippen LogP contribution in [0.5, 0.6) is 0 Å². The highest BCUT2D eigenvalue weighted by atomic mass is 28.3. The van der Waals surface area contributed by atoms with Gasteiger partial charge in [0.1, 0.15) is 23.9 Å². The lowest BCUT2D eigenvalue weighted by Gasteiger charge is -2.40. The third-order valence-electron chi connectivity index (χ3n) is 7.57. The fourth-order valence-electron chi connectivity index (χ4n) is 5.83. The highest BCUT2D eigenvalue weighted by Crippen LogP contribution is 2.53. The molecule has 0 unspecified atom stereocenters. The standard InChI is InChI=1S/C27H35N3O4Si/c1-18(2)15-23-27(16-22-24(31)28-12-8-11-21(28)25(32)30(22)23)19-9-6-7-10-20(19)29(26(27)33)17-34-13-14-35(3,4)5/h6-7,9-10,15-16,21,23H,8,11-14,17H2,1-5H3/t21-,23-,27+/m0/s1. The number of carbonyl (C=O) groups excluding carboxylic acids is 3. The van der Waals surface area contributed by atoms with E-state index in [0.717, 1.165) is 29.3 Å². The zero-order chi connectivity index (χ0) is 25.1. The highest BCUT2D eigenvalue weighted by Gasteiger charge is 2.63. The van der Waals surface area contributed by atoms with Crippen LogP contribution in [0.1, 0.15) is 32.3 Å². The molecular formula is C27H35N3O4Si. The largest absolute Gasteiger partial charge is 0.361 e. The monoisotopic (exact) mass is 493 g/mol. The number of hydrogen-bond donors (Lipinski definition) is 0. The van der Waals surface area contributed by atoms with Crippen LogP contribution < -0.4 is 4.90 Å². The second-order valence-electron chi connectivity index (χ2n) is 11.6. The maximum atomic E-state index is 14.3. The summed E-state index contributed by atoms with van der Waals surface area (Å²) in [4.78, 5) is 46.5. The Hall–Kier alpha value is -2.71. The number of benzene rings is 1. The average molecular weight is 494 g/mol. The normalized spacial score (nSPS) is 27.4. The molecule has 7 nitrogen and oxygen atoms in total. The summed E-state index contributed by atoms with van der Waals surface area (Å²) in [5.41, 5.74) is 1.79. The Morgan fingerprint density at radius 2 is 1.91 bits per heavy atom. The van der Waals surface area contributed by atoms with Crippen molar-refractivity contribution in [3.63, 3.8) is 0 Å². The molecule has 4 heterocycles. The van der Waals surface area contributed by atoms with Gasteiger partial charge < -0.3 is 9.64 Å². The van der Waals surface area contributed by atoms with Crippen LogP contribution in [0.25, 0.3) is 0 Å². The number of ether oxygens (including phenoxy) is 1. The zero-order valence-electron chi connectivity index (χ0n) is 21.3. The van der Waals surface area contributed by atoms with Gasteiger partial charge in [-0.25, -0.2) is 0 Å². The number of allylic oxidation sites excluding steroid dienone is 1. The molecule has 1 spiro atoms. The maximum absolute atomic E-state index is 14.3. The molecule has 8 heteroatoms. The molecule has 4 aliphatic rings. The van der Waals surface area contributed by atoms with E-state index in [1.807, 2.05) is 44.2 Å². The second-order valence-corrected chi connectivity index (χ2v) is 17.2. The van der Waals surface area contributed by atoms with Crippen LogP contribution in [0.2, 0.25) is 25.7 Å². The number of rotatable bonds is 6. The lowest BCUT2D eigenvalue weighted by atomic mass is 9.75. The van der Waals surface area contributed by atoms with Crippen molar-refractivity contribution < 1.29 is 19.1 Å². The summed E-state index contributed by atoms with van der Waals surface area (Å²) in [5, 5.41) is 0. The number of anilines is 1. The number of carbonyl (C=O) groups is 3. The number of hydrogen-bond acceptors (Lipinski definition) is 4. The molecule has 35 heavy (non-hydrogen) atoms. The SMILES string of the molecule is CC(C)=C[C@@H]1N2C(=O)[C@@H]3CCCN3C(=O)C2=C[C@]12C(=O)N(COCC[Si](C)(C)C)c1ccccc12. The van der Waals surface area contributed by atoms with Crippen LogP contribution in [-0.4, -0.2) is 67.6 Å². The van der Waals surface area contributed by atoms with Crippen LogP contribution in [0.4, 0.5) is 5.69 Å². The summed E-state index contributed by atoms with van der Waals surface area (Å²) in [6, 6.07) is 7.71. The molecular weight excluding hydrogens is 458 g/mol. The number of nitrogens with zero attached hydrogens (tertiary/aromatic N) is 3. The first-order valence-electron chi connectivity index (χ1n) is 12.6. The van der Waals surface area contributed by atoms with Crippen molar-refractivity contribution in [1.29, 1.82) is 0 Å². The highest BCUT2D eigenvalue weighted by molar-refractivity contribution is 6.76. The molecule has 5 rings (SSSR count). The number of para-hydroxylation sites is 1. The minimum atomic E-state index is -1.26. The third-order valence-corrected chi connectivity index (χ3v) is 9.28. The van der Waals surface area contributed by atoms with Gasteiger partial charge in [0, 0.05) is 21.2 Å². The Kier molecular flexibility index (Phi) is 5.79.